The molecule has 0 radical (unpaired) electrons. The molecule has 2 saturated carbocycles. The molecule has 1 aromatic rings. The van der Waals surface area contributed by atoms with E-state index in [2.05, 4.69) is 10.5 Å². The van der Waals surface area contributed by atoms with Crippen LogP contribution >= 0.6 is 0 Å². The summed E-state index contributed by atoms with van der Waals surface area (Å²) in [4.78, 5) is 24.1. The van der Waals surface area contributed by atoms with Gasteiger partial charge in [0.2, 0.25) is 0 Å². The Kier molecular flexibility index (Phi) is 3.48. The molecule has 2 fully saturated rings. The lowest BCUT2D eigenvalue weighted by Gasteiger charge is -2.37. The number of phenols is 1. The van der Waals surface area contributed by atoms with Gasteiger partial charge in [-0.1, -0.05) is 20.8 Å². The molecule has 3 N–H and O–H groups in total. The van der Waals surface area contributed by atoms with Crippen LogP contribution in [0.15, 0.2) is 29.4 Å². The minimum absolute atomic E-state index is 0.0867. The molecule has 24 heavy (non-hydrogen) atoms. The summed E-state index contributed by atoms with van der Waals surface area (Å²) < 4.78 is 0. The van der Waals surface area contributed by atoms with Crippen molar-refractivity contribution in [2.45, 2.75) is 40.0 Å². The Labute approximate surface area is 140 Å². The number of nitrogens with zero attached hydrogens (tertiary/aromatic N) is 1. The van der Waals surface area contributed by atoms with Crippen molar-refractivity contribution in [3.63, 3.8) is 0 Å². The van der Waals surface area contributed by atoms with Gasteiger partial charge in [0.25, 0.3) is 5.91 Å². The Morgan fingerprint density at radius 3 is 2.29 bits per heavy atom. The molecule has 3 rings (SSSR count). The molecule has 0 heterocycles. The average Bonchev–Trinajstić information content (AvgIpc) is 2.83. The van der Waals surface area contributed by atoms with E-state index in [9.17, 15) is 19.8 Å². The Bertz CT molecular complexity index is 738. The maximum absolute atomic E-state index is 12.2. The number of rotatable bonds is 3. The zero-order chi connectivity index (χ0) is 17.8. The number of aliphatic carboxylic acids is 1. The molecule has 0 aliphatic heterocycles. The average molecular weight is 330 g/mol. The normalized spacial score (nSPS) is 32.0. The summed E-state index contributed by atoms with van der Waals surface area (Å²) in [6.07, 6.45) is 1.75. The molecule has 0 saturated heterocycles. The largest absolute Gasteiger partial charge is 0.508 e. The second-order valence-corrected chi connectivity index (χ2v) is 7.57. The van der Waals surface area contributed by atoms with Crippen LogP contribution in [0.1, 0.15) is 50.4 Å². The van der Waals surface area contributed by atoms with Crippen molar-refractivity contribution in [1.82, 2.24) is 5.43 Å². The standard InChI is InChI=1S/C18H22N2O4/c1-16(2)17(3)8-9-18(16,15(23)24)10-13(17)19-20-14(22)11-4-6-12(21)7-5-11/h4-7,21H,8-10H2,1-3H3,(H,20,22)(H,23,24)/b19-13+. The first kappa shape index (κ1) is 16.5. The van der Waals surface area contributed by atoms with Gasteiger partial charge in [-0.25, -0.2) is 5.43 Å². The lowest BCUT2D eigenvalue weighted by molar-refractivity contribution is -0.154. The highest BCUT2D eigenvalue weighted by molar-refractivity contribution is 6.02. The van der Waals surface area contributed by atoms with Crippen LogP contribution in [0.4, 0.5) is 0 Å². The van der Waals surface area contributed by atoms with Gasteiger partial charge in [0.05, 0.1) is 5.41 Å². The summed E-state index contributed by atoms with van der Waals surface area (Å²) >= 11 is 0. The molecule has 6 nitrogen and oxygen atoms in total. The lowest BCUT2D eigenvalue weighted by Crippen LogP contribution is -2.40. The fourth-order valence-electron chi connectivity index (χ4n) is 4.32. The zero-order valence-corrected chi connectivity index (χ0v) is 14.1. The summed E-state index contributed by atoms with van der Waals surface area (Å²) in [7, 11) is 0. The van der Waals surface area contributed by atoms with Gasteiger partial charge in [0.15, 0.2) is 0 Å². The highest BCUT2D eigenvalue weighted by Gasteiger charge is 2.71. The molecule has 6 heteroatoms. The van der Waals surface area contributed by atoms with Crippen molar-refractivity contribution in [2.75, 3.05) is 0 Å². The third kappa shape index (κ3) is 1.98. The minimum atomic E-state index is -0.816. The SMILES string of the molecule is CC12CCC(C(=O)O)(C/C1=N\NC(=O)c1ccc(O)cc1)C2(C)C. The van der Waals surface area contributed by atoms with Crippen LogP contribution in [0.2, 0.25) is 0 Å². The van der Waals surface area contributed by atoms with Gasteiger partial charge in [-0.05, 0) is 42.5 Å². The van der Waals surface area contributed by atoms with E-state index in [1.165, 1.54) is 24.3 Å². The number of carboxylic acid groups (broad SMARTS) is 1. The fourth-order valence-corrected chi connectivity index (χ4v) is 4.32. The molecular weight excluding hydrogens is 308 g/mol. The third-order valence-electron chi connectivity index (χ3n) is 6.57. The van der Waals surface area contributed by atoms with Gasteiger partial charge in [-0.15, -0.1) is 0 Å². The smallest absolute Gasteiger partial charge is 0.310 e. The molecule has 0 aromatic heterocycles. The monoisotopic (exact) mass is 330 g/mol. The number of nitrogens with one attached hydrogen (secondary N) is 1. The number of benzene rings is 1. The number of carbonyl (C=O) groups excluding carboxylic acids is 1. The predicted octanol–water partition coefficient (Wildman–Crippen LogP) is 2.78. The molecule has 0 spiro atoms. The van der Waals surface area contributed by atoms with E-state index in [0.29, 0.717) is 18.4 Å². The quantitative estimate of drug-likeness (QED) is 0.742. The van der Waals surface area contributed by atoms with Crippen molar-refractivity contribution in [2.24, 2.45) is 21.3 Å². The van der Waals surface area contributed by atoms with Gasteiger partial charge < -0.3 is 10.2 Å². The number of hydrazone groups is 1. The molecule has 2 bridgehead atoms. The van der Waals surface area contributed by atoms with Gasteiger partial charge >= 0.3 is 5.97 Å². The van der Waals surface area contributed by atoms with Crippen molar-refractivity contribution in [3.8, 4) is 5.75 Å². The highest BCUT2D eigenvalue weighted by atomic mass is 16.4. The molecule has 1 amide bonds. The van der Waals surface area contributed by atoms with Crippen LogP contribution in [-0.2, 0) is 4.79 Å². The first-order chi connectivity index (χ1) is 11.1. The summed E-state index contributed by atoms with van der Waals surface area (Å²) in [5, 5.41) is 23.3. The van der Waals surface area contributed by atoms with E-state index in [4.69, 9.17) is 0 Å². The van der Waals surface area contributed by atoms with Crippen LogP contribution < -0.4 is 5.43 Å². The second kappa shape index (κ2) is 5.06. The number of fused-ring (bicyclic) bond motifs is 2. The number of carboxylic acids is 1. The molecule has 2 unspecified atom stereocenters. The second-order valence-electron chi connectivity index (χ2n) is 7.57. The van der Waals surface area contributed by atoms with E-state index in [0.717, 1.165) is 12.1 Å². The third-order valence-corrected chi connectivity index (χ3v) is 6.57. The highest BCUT2D eigenvalue weighted by Crippen LogP contribution is 2.70. The number of aromatic hydroxyl groups is 1. The van der Waals surface area contributed by atoms with Crippen molar-refractivity contribution in [1.29, 1.82) is 0 Å². The van der Waals surface area contributed by atoms with E-state index in [-0.39, 0.29) is 17.1 Å². The molecule has 2 atom stereocenters. The first-order valence-corrected chi connectivity index (χ1v) is 8.04. The van der Waals surface area contributed by atoms with Crippen LogP contribution in [0.3, 0.4) is 0 Å². The topological polar surface area (TPSA) is 99.0 Å². The van der Waals surface area contributed by atoms with E-state index < -0.39 is 16.8 Å². The first-order valence-electron chi connectivity index (χ1n) is 8.04. The Morgan fingerprint density at radius 2 is 1.75 bits per heavy atom. The van der Waals surface area contributed by atoms with Gasteiger partial charge in [0.1, 0.15) is 5.75 Å². The van der Waals surface area contributed by atoms with E-state index in [1.54, 1.807) is 0 Å². The van der Waals surface area contributed by atoms with Crippen molar-refractivity contribution in [3.05, 3.63) is 29.8 Å². The van der Waals surface area contributed by atoms with Crippen LogP contribution in [-0.4, -0.2) is 27.8 Å². The molecule has 2 aliphatic rings. The molecular formula is C18H22N2O4. The molecule has 2 aliphatic carbocycles. The lowest BCUT2D eigenvalue weighted by atomic mass is 9.65. The zero-order valence-electron chi connectivity index (χ0n) is 14.1. The summed E-state index contributed by atoms with van der Waals surface area (Å²) in [6, 6.07) is 5.89. The van der Waals surface area contributed by atoms with Gasteiger partial charge in [-0.3, -0.25) is 9.59 Å². The van der Waals surface area contributed by atoms with Crippen molar-refractivity contribution >= 4 is 17.6 Å². The summed E-state index contributed by atoms with van der Waals surface area (Å²) in [5.74, 6) is -1.08. The maximum atomic E-state index is 12.2. The van der Waals surface area contributed by atoms with E-state index in [1.807, 2.05) is 20.8 Å². The predicted molar refractivity (Wildman–Crippen MR) is 88.8 cm³/mol. The fraction of sp³-hybridized carbons (Fsp3) is 0.500. The van der Waals surface area contributed by atoms with Gasteiger partial charge in [-0.2, -0.15) is 5.10 Å². The summed E-state index contributed by atoms with van der Waals surface area (Å²) in [5.41, 5.74) is 2.09. The number of phenolic OH excluding ortho intramolecular Hbond substituents is 1. The van der Waals surface area contributed by atoms with Gasteiger partial charge in [0, 0.05) is 23.1 Å². The van der Waals surface area contributed by atoms with Crippen LogP contribution in [0.5, 0.6) is 5.75 Å². The minimum Gasteiger partial charge on any atom is -0.508 e. The number of hydrogen-bond donors (Lipinski definition) is 3. The number of carbonyl (C=O) groups is 2. The van der Waals surface area contributed by atoms with Crippen LogP contribution in [0, 0.1) is 16.2 Å². The molecule has 128 valence electrons. The number of hydrogen-bond acceptors (Lipinski definition) is 4. The Hall–Kier alpha value is -2.37. The van der Waals surface area contributed by atoms with E-state index >= 15 is 0 Å². The van der Waals surface area contributed by atoms with Crippen molar-refractivity contribution < 1.29 is 19.8 Å². The Morgan fingerprint density at radius 1 is 1.12 bits per heavy atom. The molecule has 1 aromatic carbocycles. The number of amides is 1. The summed E-state index contributed by atoms with van der Waals surface area (Å²) in [6.45, 7) is 6.01. The Balaban J connectivity index is 1.86. The van der Waals surface area contributed by atoms with Crippen LogP contribution in [0.25, 0.3) is 0 Å². The maximum Gasteiger partial charge on any atom is 0.310 e.